The van der Waals surface area contributed by atoms with Gasteiger partial charge in [-0.15, -0.1) is 0 Å². The molecule has 0 atom stereocenters. The molecule has 6 nitrogen and oxygen atoms in total. The molecule has 1 N–H and O–H groups in total. The maximum atomic E-state index is 12.7. The zero-order chi connectivity index (χ0) is 19.4. The van der Waals surface area contributed by atoms with Gasteiger partial charge < -0.3 is 10.1 Å². The monoisotopic (exact) mass is 388 g/mol. The first-order chi connectivity index (χ1) is 12.9. The van der Waals surface area contributed by atoms with Crippen LogP contribution in [0.2, 0.25) is 0 Å². The molecule has 0 unspecified atom stereocenters. The third-order valence-electron chi connectivity index (χ3n) is 4.82. The minimum Gasteiger partial charge on any atom is -0.497 e. The van der Waals surface area contributed by atoms with E-state index in [-0.39, 0.29) is 10.8 Å². The number of methoxy groups -OCH3 is 1. The Labute approximate surface area is 160 Å². The van der Waals surface area contributed by atoms with Gasteiger partial charge in [-0.25, -0.2) is 8.42 Å². The van der Waals surface area contributed by atoms with Crippen molar-refractivity contribution in [1.29, 1.82) is 0 Å². The van der Waals surface area contributed by atoms with Gasteiger partial charge in [-0.05, 0) is 55.2 Å². The second-order valence-corrected chi connectivity index (χ2v) is 8.73. The summed E-state index contributed by atoms with van der Waals surface area (Å²) in [6.45, 7) is 3.23. The minimum absolute atomic E-state index is 0.218. The third-order valence-corrected chi connectivity index (χ3v) is 6.74. The van der Waals surface area contributed by atoms with Crippen molar-refractivity contribution in [3.05, 3.63) is 54.1 Å². The topological polar surface area (TPSA) is 75.7 Å². The quantitative estimate of drug-likeness (QED) is 0.852. The first-order valence-electron chi connectivity index (χ1n) is 8.96. The number of piperidine rings is 1. The van der Waals surface area contributed by atoms with Crippen molar-refractivity contribution >= 4 is 21.6 Å². The van der Waals surface area contributed by atoms with Gasteiger partial charge in [0, 0.05) is 30.4 Å². The van der Waals surface area contributed by atoms with Crippen molar-refractivity contribution in [2.45, 2.75) is 24.7 Å². The minimum atomic E-state index is -3.51. The fourth-order valence-electron chi connectivity index (χ4n) is 3.06. The summed E-state index contributed by atoms with van der Waals surface area (Å²) in [5, 5.41) is 2.78. The van der Waals surface area contributed by atoms with Gasteiger partial charge in [0.25, 0.3) is 5.91 Å². The molecule has 0 bridgehead atoms. The van der Waals surface area contributed by atoms with Crippen LogP contribution in [0.15, 0.2) is 53.4 Å². The van der Waals surface area contributed by atoms with E-state index < -0.39 is 10.0 Å². The van der Waals surface area contributed by atoms with Gasteiger partial charge in [-0.2, -0.15) is 4.31 Å². The van der Waals surface area contributed by atoms with Crippen LogP contribution in [0.5, 0.6) is 5.75 Å². The Morgan fingerprint density at radius 3 is 2.41 bits per heavy atom. The van der Waals surface area contributed by atoms with E-state index in [1.165, 1.54) is 28.6 Å². The van der Waals surface area contributed by atoms with E-state index in [0.717, 1.165) is 12.8 Å². The van der Waals surface area contributed by atoms with E-state index in [0.29, 0.717) is 36.0 Å². The van der Waals surface area contributed by atoms with Crippen molar-refractivity contribution in [2.24, 2.45) is 5.92 Å². The molecule has 1 saturated heterocycles. The SMILES string of the molecule is COc1cccc(NC(=O)c2ccc(S(=O)(=O)N3CCC(C)CC3)cc2)c1. The highest BCUT2D eigenvalue weighted by Crippen LogP contribution is 2.24. The largest absolute Gasteiger partial charge is 0.497 e. The van der Waals surface area contributed by atoms with Gasteiger partial charge in [-0.3, -0.25) is 4.79 Å². The Kier molecular flexibility index (Phi) is 5.82. The number of rotatable bonds is 5. The van der Waals surface area contributed by atoms with Crippen molar-refractivity contribution in [3.63, 3.8) is 0 Å². The van der Waals surface area contributed by atoms with Crippen molar-refractivity contribution in [3.8, 4) is 5.75 Å². The standard InChI is InChI=1S/C20H24N2O4S/c1-15-10-12-22(13-11-15)27(24,25)19-8-6-16(7-9-19)20(23)21-17-4-3-5-18(14-17)26-2/h3-9,14-15H,10-13H2,1-2H3,(H,21,23). The lowest BCUT2D eigenvalue weighted by molar-refractivity contribution is 0.102. The lowest BCUT2D eigenvalue weighted by atomic mass is 10.0. The highest BCUT2D eigenvalue weighted by Gasteiger charge is 2.28. The smallest absolute Gasteiger partial charge is 0.255 e. The molecule has 1 heterocycles. The maximum Gasteiger partial charge on any atom is 0.255 e. The Morgan fingerprint density at radius 2 is 1.78 bits per heavy atom. The summed E-state index contributed by atoms with van der Waals surface area (Å²) in [5.41, 5.74) is 1.00. The molecular formula is C20H24N2O4S. The molecule has 0 aliphatic carbocycles. The van der Waals surface area contributed by atoms with Crippen molar-refractivity contribution < 1.29 is 17.9 Å². The van der Waals surface area contributed by atoms with Gasteiger partial charge in [0.2, 0.25) is 10.0 Å². The fourth-order valence-corrected chi connectivity index (χ4v) is 4.53. The fraction of sp³-hybridized carbons (Fsp3) is 0.350. The summed E-state index contributed by atoms with van der Waals surface area (Å²) in [6.07, 6.45) is 1.75. The second-order valence-electron chi connectivity index (χ2n) is 6.80. The Bertz CT molecular complexity index is 902. The van der Waals surface area contributed by atoms with Crippen LogP contribution in [0, 0.1) is 5.92 Å². The van der Waals surface area contributed by atoms with E-state index in [9.17, 15) is 13.2 Å². The molecule has 27 heavy (non-hydrogen) atoms. The molecule has 1 aliphatic rings. The highest BCUT2D eigenvalue weighted by atomic mass is 32.2. The van der Waals surface area contributed by atoms with Gasteiger partial charge in [0.05, 0.1) is 12.0 Å². The van der Waals surface area contributed by atoms with Gasteiger partial charge >= 0.3 is 0 Å². The van der Waals surface area contributed by atoms with Crippen LogP contribution in [-0.2, 0) is 10.0 Å². The highest BCUT2D eigenvalue weighted by molar-refractivity contribution is 7.89. The van der Waals surface area contributed by atoms with E-state index >= 15 is 0 Å². The summed E-state index contributed by atoms with van der Waals surface area (Å²) in [4.78, 5) is 12.6. The van der Waals surface area contributed by atoms with Crippen LogP contribution in [0.25, 0.3) is 0 Å². The number of carbonyl (C=O) groups excluding carboxylic acids is 1. The number of sulfonamides is 1. The van der Waals surface area contributed by atoms with E-state index in [1.54, 1.807) is 31.4 Å². The lowest BCUT2D eigenvalue weighted by Crippen LogP contribution is -2.37. The van der Waals surface area contributed by atoms with E-state index in [4.69, 9.17) is 4.74 Å². The lowest BCUT2D eigenvalue weighted by Gasteiger charge is -2.29. The van der Waals surface area contributed by atoms with Crippen LogP contribution in [0.4, 0.5) is 5.69 Å². The molecule has 1 aliphatic heterocycles. The summed E-state index contributed by atoms with van der Waals surface area (Å²) in [7, 11) is -1.95. The Balaban J connectivity index is 1.71. The molecule has 3 rings (SSSR count). The molecule has 1 amide bonds. The predicted molar refractivity (Wildman–Crippen MR) is 105 cm³/mol. The molecular weight excluding hydrogens is 364 g/mol. The van der Waals surface area contributed by atoms with Crippen molar-refractivity contribution in [2.75, 3.05) is 25.5 Å². The average molecular weight is 388 g/mol. The molecule has 2 aromatic carbocycles. The number of carbonyl (C=O) groups is 1. The summed E-state index contributed by atoms with van der Waals surface area (Å²) in [6, 6.07) is 13.1. The molecule has 2 aromatic rings. The average Bonchev–Trinajstić information content (AvgIpc) is 2.68. The third kappa shape index (κ3) is 4.48. The van der Waals surface area contributed by atoms with Crippen LogP contribution < -0.4 is 10.1 Å². The number of amides is 1. The molecule has 0 spiro atoms. The summed E-state index contributed by atoms with van der Waals surface area (Å²) < 4.78 is 32.2. The second kappa shape index (κ2) is 8.10. The molecule has 0 aromatic heterocycles. The van der Waals surface area contributed by atoms with Crippen LogP contribution >= 0.6 is 0 Å². The zero-order valence-electron chi connectivity index (χ0n) is 15.5. The summed E-state index contributed by atoms with van der Waals surface area (Å²) in [5.74, 6) is 0.892. The number of anilines is 1. The van der Waals surface area contributed by atoms with E-state index in [2.05, 4.69) is 12.2 Å². The molecule has 7 heteroatoms. The number of hydrogen-bond acceptors (Lipinski definition) is 4. The first kappa shape index (κ1) is 19.4. The molecule has 1 fully saturated rings. The van der Waals surface area contributed by atoms with Gasteiger partial charge in [-0.1, -0.05) is 13.0 Å². The predicted octanol–water partition coefficient (Wildman–Crippen LogP) is 3.37. The summed E-state index contributed by atoms with van der Waals surface area (Å²) >= 11 is 0. The molecule has 0 radical (unpaired) electrons. The number of ether oxygens (including phenoxy) is 1. The number of hydrogen-bond donors (Lipinski definition) is 1. The van der Waals surface area contributed by atoms with E-state index in [1.807, 2.05) is 0 Å². The van der Waals surface area contributed by atoms with Gasteiger partial charge in [0.15, 0.2) is 0 Å². The Hall–Kier alpha value is -2.38. The van der Waals surface area contributed by atoms with Crippen molar-refractivity contribution in [1.82, 2.24) is 4.31 Å². The van der Waals surface area contributed by atoms with Crippen LogP contribution in [-0.4, -0.2) is 38.8 Å². The zero-order valence-corrected chi connectivity index (χ0v) is 16.3. The number of benzene rings is 2. The van der Waals surface area contributed by atoms with Gasteiger partial charge in [0.1, 0.15) is 5.75 Å². The first-order valence-corrected chi connectivity index (χ1v) is 10.4. The molecule has 0 saturated carbocycles. The maximum absolute atomic E-state index is 12.7. The Morgan fingerprint density at radius 1 is 1.11 bits per heavy atom. The number of nitrogens with one attached hydrogen (secondary N) is 1. The molecule has 144 valence electrons. The van der Waals surface area contributed by atoms with Crippen LogP contribution in [0.3, 0.4) is 0 Å². The normalized spacial score (nSPS) is 16.1. The number of nitrogens with zero attached hydrogens (tertiary/aromatic N) is 1. The van der Waals surface area contributed by atoms with Crippen LogP contribution in [0.1, 0.15) is 30.1 Å².